The Morgan fingerprint density at radius 3 is 1.12 bits per heavy atom. The maximum atomic E-state index is 10.4. The van der Waals surface area contributed by atoms with Gasteiger partial charge < -0.3 is 5.48 Å². The Bertz CT molecular complexity index is 55.9. The Labute approximate surface area is 41.4 Å². The van der Waals surface area contributed by atoms with Gasteiger partial charge in [0.1, 0.15) is 0 Å². The second-order valence-electron chi connectivity index (χ2n) is 0.842. The number of hydrogen-bond acceptors (Lipinski definition) is 0. The fourth-order valence-electron chi connectivity index (χ4n) is 0. The predicted octanol–water partition coefficient (Wildman–Crippen LogP) is 0.989. The molecule has 2 N–H and O–H groups in total. The fourth-order valence-corrected chi connectivity index (χ4v) is 0. The molecule has 0 amide bonds. The predicted molar refractivity (Wildman–Crippen MR) is 15.7 cm³/mol. The van der Waals surface area contributed by atoms with Gasteiger partial charge in [0, 0.05) is 0 Å². The number of rotatable bonds is 0. The molecule has 0 aliphatic rings. The smallest absolute Gasteiger partial charge is 0.412 e. The van der Waals surface area contributed by atoms with Crippen molar-refractivity contribution in [1.82, 2.24) is 0 Å². The molecule has 0 rings (SSSR count). The van der Waals surface area contributed by atoms with Crippen molar-refractivity contribution in [2.45, 2.75) is 12.6 Å². The molecular weight excluding hydrogens is 135 g/mol. The topological polar surface area (TPSA) is 31.5 Å². The van der Waals surface area contributed by atoms with Gasteiger partial charge in [-0.2, -0.15) is 13.2 Å². The lowest BCUT2D eigenvalue weighted by Crippen LogP contribution is -2.18. The summed E-state index contributed by atoms with van der Waals surface area (Å²) >= 11 is 0. The summed E-state index contributed by atoms with van der Waals surface area (Å²) in [5, 5.41) is 0. The highest BCUT2D eigenvalue weighted by Gasteiger charge is 2.40. The zero-order valence-corrected chi connectivity index (χ0v) is 3.47. The molecule has 0 aliphatic carbocycles. The zero-order valence-electron chi connectivity index (χ0n) is 3.47. The van der Waals surface area contributed by atoms with Gasteiger partial charge in [0.25, 0.3) is 0 Å². The average Bonchev–Trinajstić information content (AvgIpc) is 1.31. The Kier molecular flexibility index (Phi) is 3.71. The molecule has 0 atom stereocenters. The molecule has 0 heterocycles. The van der Waals surface area contributed by atoms with E-state index < -0.39 is 12.6 Å². The van der Waals surface area contributed by atoms with Crippen molar-refractivity contribution < 1.29 is 27.4 Å². The van der Waals surface area contributed by atoms with E-state index in [0.717, 1.165) is 0 Å². The third kappa shape index (κ3) is 3.79. The van der Waals surface area contributed by atoms with Gasteiger partial charge in [-0.25, -0.2) is 8.78 Å². The normalized spacial score (nSPS) is 11.2. The number of halogens is 5. The number of alkyl halides is 5. The lowest BCUT2D eigenvalue weighted by molar-refractivity contribution is -0.219. The van der Waals surface area contributed by atoms with Crippen molar-refractivity contribution >= 4 is 0 Å². The minimum absolute atomic E-state index is 0. The highest BCUT2D eigenvalue weighted by atomic mass is 19.4. The van der Waals surface area contributed by atoms with Crippen LogP contribution in [0.5, 0.6) is 0 Å². The summed E-state index contributed by atoms with van der Waals surface area (Å²) in [4.78, 5) is 0. The van der Waals surface area contributed by atoms with E-state index in [1.54, 1.807) is 0 Å². The van der Waals surface area contributed by atoms with Crippen LogP contribution in [-0.2, 0) is 0 Å². The summed E-state index contributed by atoms with van der Waals surface area (Å²) < 4.78 is 52.1. The van der Waals surface area contributed by atoms with Crippen LogP contribution in [-0.4, -0.2) is 18.1 Å². The summed E-state index contributed by atoms with van der Waals surface area (Å²) in [7, 11) is 0. The summed E-state index contributed by atoms with van der Waals surface area (Å²) in [6, 6.07) is 0. The van der Waals surface area contributed by atoms with Crippen molar-refractivity contribution in [3.05, 3.63) is 0 Å². The second kappa shape index (κ2) is 2.81. The Balaban J connectivity index is 0. The molecule has 8 heavy (non-hydrogen) atoms. The molecule has 0 saturated carbocycles. The summed E-state index contributed by atoms with van der Waals surface area (Å²) in [5.41, 5.74) is 0. The van der Waals surface area contributed by atoms with Gasteiger partial charge in [0.05, 0.1) is 0 Å². The van der Waals surface area contributed by atoms with E-state index in [9.17, 15) is 22.0 Å². The van der Waals surface area contributed by atoms with Crippen molar-refractivity contribution in [3.8, 4) is 0 Å². The monoisotopic (exact) mass is 138 g/mol. The van der Waals surface area contributed by atoms with E-state index in [4.69, 9.17) is 0 Å². The first kappa shape index (κ1) is 10.6. The van der Waals surface area contributed by atoms with Crippen molar-refractivity contribution in [1.29, 1.82) is 0 Å². The van der Waals surface area contributed by atoms with Crippen LogP contribution < -0.4 is 0 Å². The third-order valence-electron chi connectivity index (χ3n) is 0.247. The standard InChI is InChI=1S/C2HF5.H2O/c3-1(4)2(5,6)7;/h1H;1H2. The molecule has 0 aromatic carbocycles. The fraction of sp³-hybridized carbons (Fsp3) is 1.00. The van der Waals surface area contributed by atoms with Gasteiger partial charge in [-0.3, -0.25) is 0 Å². The van der Waals surface area contributed by atoms with Gasteiger partial charge in [0.2, 0.25) is 0 Å². The molecule has 0 saturated heterocycles. The SMILES string of the molecule is FC(F)C(F)(F)F.O. The van der Waals surface area contributed by atoms with Crippen LogP contribution in [0.15, 0.2) is 0 Å². The van der Waals surface area contributed by atoms with Crippen molar-refractivity contribution in [2.75, 3.05) is 0 Å². The molecule has 0 unspecified atom stereocenters. The van der Waals surface area contributed by atoms with E-state index in [0.29, 0.717) is 0 Å². The van der Waals surface area contributed by atoms with Gasteiger partial charge >= 0.3 is 12.6 Å². The zero-order chi connectivity index (χ0) is 6.08. The summed E-state index contributed by atoms with van der Waals surface area (Å²) in [5.74, 6) is 0. The van der Waals surface area contributed by atoms with E-state index in [2.05, 4.69) is 0 Å². The van der Waals surface area contributed by atoms with Crippen LogP contribution in [0.2, 0.25) is 0 Å². The summed E-state index contributed by atoms with van der Waals surface area (Å²) in [6.45, 7) is 0. The van der Waals surface area contributed by atoms with Crippen molar-refractivity contribution in [3.63, 3.8) is 0 Å². The van der Waals surface area contributed by atoms with E-state index >= 15 is 0 Å². The van der Waals surface area contributed by atoms with Crippen molar-refractivity contribution in [2.24, 2.45) is 0 Å². The molecule has 6 heteroatoms. The molecule has 0 fully saturated rings. The Hall–Kier alpha value is -0.390. The quantitative estimate of drug-likeness (QED) is 0.447. The number of hydrogen-bond donors (Lipinski definition) is 0. The highest BCUT2D eigenvalue weighted by Crippen LogP contribution is 2.22. The molecule has 0 aromatic rings. The average molecular weight is 138 g/mol. The molecule has 0 radical (unpaired) electrons. The first-order valence-electron chi connectivity index (χ1n) is 1.29. The van der Waals surface area contributed by atoms with Crippen LogP contribution in [0, 0.1) is 0 Å². The lowest BCUT2D eigenvalue weighted by Gasteiger charge is -2.00. The minimum Gasteiger partial charge on any atom is -0.412 e. The second-order valence-corrected chi connectivity index (χ2v) is 0.842. The van der Waals surface area contributed by atoms with Gasteiger partial charge in [-0.15, -0.1) is 0 Å². The van der Waals surface area contributed by atoms with Crippen LogP contribution in [0.1, 0.15) is 0 Å². The van der Waals surface area contributed by atoms with E-state index in [1.165, 1.54) is 0 Å². The van der Waals surface area contributed by atoms with Crippen LogP contribution >= 0.6 is 0 Å². The van der Waals surface area contributed by atoms with Gasteiger partial charge in [0.15, 0.2) is 0 Å². The third-order valence-corrected chi connectivity index (χ3v) is 0.247. The van der Waals surface area contributed by atoms with Crippen LogP contribution in [0.4, 0.5) is 22.0 Å². The first-order chi connectivity index (χ1) is 2.94. The first-order valence-corrected chi connectivity index (χ1v) is 1.29. The maximum absolute atomic E-state index is 10.4. The Morgan fingerprint density at radius 2 is 1.12 bits per heavy atom. The lowest BCUT2D eigenvalue weighted by atomic mass is 10.7. The molecule has 0 aliphatic heterocycles. The van der Waals surface area contributed by atoms with E-state index in [1.807, 2.05) is 0 Å². The Morgan fingerprint density at radius 1 is 1.00 bits per heavy atom. The van der Waals surface area contributed by atoms with Gasteiger partial charge in [-0.1, -0.05) is 0 Å². The molecule has 0 aromatic heterocycles. The molecule has 0 spiro atoms. The largest absolute Gasteiger partial charge is 0.450 e. The maximum Gasteiger partial charge on any atom is 0.450 e. The summed E-state index contributed by atoms with van der Waals surface area (Å²) in [6.07, 6.45) is -9.53. The molecular formula is C2H3F5O. The van der Waals surface area contributed by atoms with E-state index in [-0.39, 0.29) is 5.48 Å². The van der Waals surface area contributed by atoms with Crippen LogP contribution in [0.25, 0.3) is 0 Å². The molecule has 52 valence electrons. The molecule has 1 nitrogen and oxygen atoms in total. The van der Waals surface area contributed by atoms with Gasteiger partial charge in [-0.05, 0) is 0 Å². The minimum atomic E-state index is -5.33. The highest BCUT2D eigenvalue weighted by molar-refractivity contribution is 4.48. The molecule has 0 bridgehead atoms. The van der Waals surface area contributed by atoms with Crippen LogP contribution in [0.3, 0.4) is 0 Å².